The van der Waals surface area contributed by atoms with Gasteiger partial charge in [-0.2, -0.15) is 0 Å². The van der Waals surface area contributed by atoms with Crippen molar-refractivity contribution in [2.24, 2.45) is 28.6 Å². The Hall–Kier alpha value is -2.54. The van der Waals surface area contributed by atoms with Crippen LogP contribution < -0.4 is 5.32 Å². The fourth-order valence-electron chi connectivity index (χ4n) is 8.86. The van der Waals surface area contributed by atoms with E-state index < -0.39 is 94.1 Å². The molecule has 12 heteroatoms. The number of aliphatic hydroxyl groups is 3. The molecule has 2 bridgehead atoms. The number of hydrogen-bond donors (Lipinski definition) is 4. The van der Waals surface area contributed by atoms with Crippen LogP contribution in [0.25, 0.3) is 0 Å². The lowest BCUT2D eigenvalue weighted by molar-refractivity contribution is -0.338. The van der Waals surface area contributed by atoms with E-state index in [2.05, 4.69) is 10.1 Å². The van der Waals surface area contributed by atoms with Crippen molar-refractivity contribution >= 4 is 23.8 Å². The van der Waals surface area contributed by atoms with E-state index in [1.54, 1.807) is 41.5 Å². The summed E-state index contributed by atoms with van der Waals surface area (Å²) >= 11 is 0. The summed E-state index contributed by atoms with van der Waals surface area (Å²) in [7, 11) is 1.22. The van der Waals surface area contributed by atoms with E-state index >= 15 is 0 Å². The molecule has 1 saturated heterocycles. The molecule has 43 heavy (non-hydrogen) atoms. The Labute approximate surface area is 252 Å². The number of aliphatic hydroxyl groups excluding tert-OH is 2. The highest BCUT2D eigenvalue weighted by Gasteiger charge is 2.76. The summed E-state index contributed by atoms with van der Waals surface area (Å²) < 4.78 is 22.2. The molecular weight excluding hydrogens is 562 g/mol. The number of carbonyl (C=O) groups is 4. The van der Waals surface area contributed by atoms with Gasteiger partial charge in [0.05, 0.1) is 43.0 Å². The number of fused-ring (bicyclic) bond motifs is 5. The smallest absolute Gasteiger partial charge is 0.407 e. The highest BCUT2D eigenvalue weighted by atomic mass is 16.6. The lowest BCUT2D eigenvalue weighted by Gasteiger charge is -2.68. The van der Waals surface area contributed by atoms with Crippen LogP contribution in [0.15, 0.2) is 11.1 Å². The second-order valence-electron chi connectivity index (χ2n) is 13.8. The zero-order valence-electron chi connectivity index (χ0n) is 26.6. The Bertz CT molecular complexity index is 1210. The van der Waals surface area contributed by atoms with Crippen LogP contribution in [0.4, 0.5) is 4.79 Å². The molecule has 3 aliphatic carbocycles. The molecule has 0 spiro atoms. The predicted molar refractivity (Wildman–Crippen MR) is 151 cm³/mol. The van der Waals surface area contributed by atoms with Crippen LogP contribution in [-0.2, 0) is 33.3 Å². The third kappa shape index (κ3) is 4.89. The van der Waals surface area contributed by atoms with Crippen LogP contribution in [0.5, 0.6) is 0 Å². The van der Waals surface area contributed by atoms with Crippen molar-refractivity contribution in [2.75, 3.05) is 13.7 Å². The van der Waals surface area contributed by atoms with Crippen LogP contribution in [0.2, 0.25) is 0 Å². The minimum atomic E-state index is -1.60. The van der Waals surface area contributed by atoms with Crippen LogP contribution in [0.1, 0.15) is 74.7 Å². The number of amides is 1. The maximum atomic E-state index is 14.8. The molecule has 3 fully saturated rings. The first-order valence-electron chi connectivity index (χ1n) is 15.0. The number of ketones is 1. The number of nitrogens with one attached hydrogen (secondary N) is 1. The standard InChI is InChI=1S/C31H47NO11/c1-14-19(10-20(35)16(3)32-27(38)40-9)12-31(39)15(2)25-29(8,21(36)11-22-30(25,13-41-22)43-18(5)34)26(37)24(42-17(4)33)23(14)28(31,6)7/h15-16,19-22,24-25,35-36,39H,10-13H2,1-9H3,(H,32,38). The average Bonchev–Trinajstić information content (AvgIpc) is 2.90. The van der Waals surface area contributed by atoms with Crippen LogP contribution in [-0.4, -0.2) is 94.5 Å². The van der Waals surface area contributed by atoms with Crippen molar-refractivity contribution in [2.45, 2.75) is 116 Å². The van der Waals surface area contributed by atoms with Crippen molar-refractivity contribution in [1.29, 1.82) is 0 Å². The number of alkyl carbamates (subject to hydrolysis) is 1. The number of hydrogen-bond acceptors (Lipinski definition) is 11. The molecular formula is C31H47NO11. The van der Waals surface area contributed by atoms with Crippen molar-refractivity contribution in [3.05, 3.63) is 11.1 Å². The van der Waals surface area contributed by atoms with Crippen molar-refractivity contribution < 1.29 is 53.4 Å². The van der Waals surface area contributed by atoms with Gasteiger partial charge in [0.2, 0.25) is 0 Å². The van der Waals surface area contributed by atoms with Crippen molar-refractivity contribution in [3.63, 3.8) is 0 Å². The van der Waals surface area contributed by atoms with Gasteiger partial charge in [-0.05, 0) is 51.0 Å². The number of allylic oxidation sites excluding steroid dienone is 1. The molecule has 1 aliphatic heterocycles. The Kier molecular flexibility index (Phi) is 8.62. The number of ether oxygens (including phenoxy) is 4. The van der Waals surface area contributed by atoms with Crippen LogP contribution in [0.3, 0.4) is 0 Å². The van der Waals surface area contributed by atoms with E-state index in [-0.39, 0.29) is 25.9 Å². The Morgan fingerprint density at radius 2 is 1.79 bits per heavy atom. The minimum absolute atomic E-state index is 0.0167. The highest BCUT2D eigenvalue weighted by molar-refractivity contribution is 5.95. The first kappa shape index (κ1) is 33.4. The third-order valence-electron chi connectivity index (χ3n) is 11.2. The van der Waals surface area contributed by atoms with Gasteiger partial charge >= 0.3 is 18.0 Å². The van der Waals surface area contributed by atoms with Gasteiger partial charge in [-0.3, -0.25) is 14.4 Å². The Balaban J connectivity index is 1.94. The minimum Gasteiger partial charge on any atom is -0.454 e. The number of methoxy groups -OCH3 is 1. The normalized spacial score (nSPS) is 41.3. The first-order chi connectivity index (χ1) is 19.8. The summed E-state index contributed by atoms with van der Waals surface area (Å²) in [6.45, 7) is 12.9. The molecule has 4 rings (SSSR count). The molecule has 4 aliphatic rings. The van der Waals surface area contributed by atoms with E-state index in [0.29, 0.717) is 11.1 Å². The molecule has 11 atom stereocenters. The molecule has 1 heterocycles. The van der Waals surface area contributed by atoms with Gasteiger partial charge in [0.15, 0.2) is 17.5 Å². The summed E-state index contributed by atoms with van der Waals surface area (Å²) in [5, 5.41) is 38.2. The number of carbonyl (C=O) groups excluding carboxylic acids is 4. The molecule has 242 valence electrons. The van der Waals surface area contributed by atoms with E-state index in [1.807, 2.05) is 0 Å². The highest BCUT2D eigenvalue weighted by Crippen LogP contribution is 2.66. The predicted octanol–water partition coefficient (Wildman–Crippen LogP) is 1.81. The molecule has 0 aromatic rings. The van der Waals surface area contributed by atoms with Crippen molar-refractivity contribution in [1.82, 2.24) is 5.32 Å². The quantitative estimate of drug-likeness (QED) is 0.196. The summed E-state index contributed by atoms with van der Waals surface area (Å²) in [4.78, 5) is 51.6. The first-order valence-corrected chi connectivity index (χ1v) is 15.0. The monoisotopic (exact) mass is 609 g/mol. The molecule has 11 unspecified atom stereocenters. The van der Waals surface area contributed by atoms with E-state index in [0.717, 1.165) is 0 Å². The molecule has 2 saturated carbocycles. The molecule has 12 nitrogen and oxygen atoms in total. The van der Waals surface area contributed by atoms with Gasteiger partial charge in [0, 0.05) is 31.6 Å². The van der Waals surface area contributed by atoms with Gasteiger partial charge in [0.1, 0.15) is 6.10 Å². The zero-order valence-corrected chi connectivity index (χ0v) is 26.6. The summed E-state index contributed by atoms with van der Waals surface area (Å²) in [6, 6.07) is -0.695. The van der Waals surface area contributed by atoms with Gasteiger partial charge in [-0.1, -0.05) is 26.3 Å². The Morgan fingerprint density at radius 1 is 1.16 bits per heavy atom. The van der Waals surface area contributed by atoms with Crippen LogP contribution in [0, 0.1) is 28.6 Å². The third-order valence-corrected chi connectivity index (χ3v) is 11.2. The van der Waals surface area contributed by atoms with Gasteiger partial charge in [0.25, 0.3) is 0 Å². The van der Waals surface area contributed by atoms with Gasteiger partial charge in [-0.15, -0.1) is 0 Å². The Morgan fingerprint density at radius 3 is 2.30 bits per heavy atom. The molecule has 0 aromatic heterocycles. The van der Waals surface area contributed by atoms with Gasteiger partial charge < -0.3 is 39.6 Å². The molecule has 0 aromatic carbocycles. The van der Waals surface area contributed by atoms with Crippen molar-refractivity contribution in [3.8, 4) is 0 Å². The fraction of sp³-hybridized carbons (Fsp3) is 0.806. The number of rotatable bonds is 6. The maximum Gasteiger partial charge on any atom is 0.407 e. The number of esters is 2. The zero-order chi connectivity index (χ0) is 32.4. The maximum absolute atomic E-state index is 14.8. The van der Waals surface area contributed by atoms with Gasteiger partial charge in [-0.25, -0.2) is 4.79 Å². The average molecular weight is 610 g/mol. The SMILES string of the molecule is COC(=O)NC(C)C(O)CC1CC2(O)C(C)C3C4(OC(C)=O)COC4CC(O)C3(C)C(=O)C(OC(C)=O)C(=C1C)C2(C)C. The fourth-order valence-corrected chi connectivity index (χ4v) is 8.86. The van der Waals surface area contributed by atoms with E-state index in [1.165, 1.54) is 21.0 Å². The molecule has 1 amide bonds. The summed E-state index contributed by atoms with van der Waals surface area (Å²) in [6.07, 6.45) is -4.87. The summed E-state index contributed by atoms with van der Waals surface area (Å²) in [5.41, 5.74) is -4.53. The molecule has 0 radical (unpaired) electrons. The summed E-state index contributed by atoms with van der Waals surface area (Å²) in [5.74, 6) is -3.99. The van der Waals surface area contributed by atoms with Crippen LogP contribution >= 0.6 is 0 Å². The molecule has 4 N–H and O–H groups in total. The lowest BCUT2D eigenvalue weighted by atomic mass is 9.42. The number of Topliss-reactive ketones (excluding diaryl/α,β-unsaturated/α-hetero) is 1. The topological polar surface area (TPSA) is 178 Å². The second-order valence-corrected chi connectivity index (χ2v) is 13.8. The largest absolute Gasteiger partial charge is 0.454 e. The van der Waals surface area contributed by atoms with E-state index in [4.69, 9.17) is 14.2 Å². The second kappa shape index (κ2) is 11.1. The lowest BCUT2D eigenvalue weighted by Crippen LogP contribution is -2.79. The van der Waals surface area contributed by atoms with E-state index in [9.17, 15) is 34.5 Å².